The van der Waals surface area contributed by atoms with E-state index in [9.17, 15) is 5.11 Å². The van der Waals surface area contributed by atoms with Gasteiger partial charge in [-0.15, -0.1) is 0 Å². The summed E-state index contributed by atoms with van der Waals surface area (Å²) in [6.07, 6.45) is 2.33. The minimum absolute atomic E-state index is 0.222. The smallest absolute Gasteiger partial charge is 0.234 e. The Kier molecular flexibility index (Phi) is 4.39. The van der Waals surface area contributed by atoms with E-state index in [1.54, 1.807) is 12.1 Å². The van der Waals surface area contributed by atoms with Gasteiger partial charge in [-0.25, -0.2) is 0 Å². The summed E-state index contributed by atoms with van der Waals surface area (Å²) in [6, 6.07) is 7.00. The van der Waals surface area contributed by atoms with Crippen molar-refractivity contribution in [3.05, 3.63) is 41.5 Å². The van der Waals surface area contributed by atoms with Gasteiger partial charge in [0.15, 0.2) is 5.82 Å². The Hall–Kier alpha value is -1.88. The predicted octanol–water partition coefficient (Wildman–Crippen LogP) is 2.38. The summed E-state index contributed by atoms with van der Waals surface area (Å²) in [5.74, 6) is 1.52. The van der Waals surface area contributed by atoms with Crippen molar-refractivity contribution in [2.24, 2.45) is 5.73 Å². The third kappa shape index (κ3) is 2.82. The molecule has 0 saturated carbocycles. The van der Waals surface area contributed by atoms with Gasteiger partial charge in [-0.3, -0.25) is 0 Å². The number of rotatable bonds is 6. The molecular weight excluding hydrogens is 254 g/mol. The number of benzene rings is 1. The molecule has 108 valence electrons. The van der Waals surface area contributed by atoms with E-state index < -0.39 is 0 Å². The SMILES string of the molecule is CCC(CC)(CN)c1nc(Cc2ccc(O)cc2)no1. The molecule has 0 bridgehead atoms. The maximum Gasteiger partial charge on any atom is 0.234 e. The standard InChI is InChI=1S/C15H21N3O2/c1-3-15(4-2,10-16)14-17-13(18-20-14)9-11-5-7-12(19)8-6-11/h5-8,19H,3-4,9-10,16H2,1-2H3. The van der Waals surface area contributed by atoms with E-state index in [-0.39, 0.29) is 11.2 Å². The van der Waals surface area contributed by atoms with Crippen LogP contribution >= 0.6 is 0 Å². The molecule has 0 radical (unpaired) electrons. The average molecular weight is 275 g/mol. The van der Waals surface area contributed by atoms with Gasteiger partial charge in [-0.1, -0.05) is 31.1 Å². The molecule has 0 aliphatic carbocycles. The lowest BCUT2D eigenvalue weighted by atomic mass is 9.82. The minimum Gasteiger partial charge on any atom is -0.508 e. The van der Waals surface area contributed by atoms with Crippen LogP contribution in [0.2, 0.25) is 0 Å². The lowest BCUT2D eigenvalue weighted by Gasteiger charge is -2.24. The zero-order chi connectivity index (χ0) is 14.6. The first kappa shape index (κ1) is 14.5. The van der Waals surface area contributed by atoms with Crippen LogP contribution in [0.5, 0.6) is 5.75 Å². The van der Waals surface area contributed by atoms with Crippen LogP contribution in [0, 0.1) is 0 Å². The summed E-state index contributed by atoms with van der Waals surface area (Å²) in [5.41, 5.74) is 6.69. The van der Waals surface area contributed by atoms with Gasteiger partial charge in [-0.05, 0) is 30.5 Å². The molecule has 1 aromatic carbocycles. The number of phenolic OH excluding ortho intramolecular Hbond substituents is 1. The molecule has 0 atom stereocenters. The fraction of sp³-hybridized carbons (Fsp3) is 0.467. The molecule has 5 nitrogen and oxygen atoms in total. The normalized spacial score (nSPS) is 11.8. The van der Waals surface area contributed by atoms with Gasteiger partial charge in [0, 0.05) is 13.0 Å². The Labute approximate surface area is 118 Å². The average Bonchev–Trinajstić information content (AvgIpc) is 2.93. The number of hydrogen-bond donors (Lipinski definition) is 2. The third-order valence-electron chi connectivity index (χ3n) is 3.96. The second-order valence-corrected chi connectivity index (χ2v) is 5.05. The molecule has 0 amide bonds. The summed E-state index contributed by atoms with van der Waals surface area (Å²) >= 11 is 0. The van der Waals surface area contributed by atoms with Gasteiger partial charge in [0.1, 0.15) is 5.75 Å². The predicted molar refractivity (Wildman–Crippen MR) is 76.5 cm³/mol. The number of aromatic nitrogens is 2. The van der Waals surface area contributed by atoms with Gasteiger partial charge in [0.25, 0.3) is 0 Å². The molecule has 0 aliphatic heterocycles. The highest BCUT2D eigenvalue weighted by Gasteiger charge is 2.33. The van der Waals surface area contributed by atoms with Gasteiger partial charge < -0.3 is 15.4 Å². The van der Waals surface area contributed by atoms with Crippen LogP contribution in [0.1, 0.15) is 44.0 Å². The Balaban J connectivity index is 2.18. The molecule has 1 heterocycles. The van der Waals surface area contributed by atoms with Gasteiger partial charge in [-0.2, -0.15) is 4.98 Å². The molecule has 5 heteroatoms. The van der Waals surface area contributed by atoms with Crippen molar-refractivity contribution in [2.75, 3.05) is 6.54 Å². The molecule has 0 saturated heterocycles. The number of phenols is 1. The maximum atomic E-state index is 9.27. The van der Waals surface area contributed by atoms with Crippen molar-refractivity contribution in [1.29, 1.82) is 0 Å². The van der Waals surface area contributed by atoms with Crippen LogP contribution in [0.15, 0.2) is 28.8 Å². The van der Waals surface area contributed by atoms with E-state index in [4.69, 9.17) is 10.3 Å². The quantitative estimate of drug-likeness (QED) is 0.845. The molecule has 0 fully saturated rings. The Bertz CT molecular complexity index is 536. The monoisotopic (exact) mass is 275 g/mol. The fourth-order valence-electron chi connectivity index (χ4n) is 2.27. The lowest BCUT2D eigenvalue weighted by Crippen LogP contribution is -2.34. The third-order valence-corrected chi connectivity index (χ3v) is 3.96. The van der Waals surface area contributed by atoms with Crippen molar-refractivity contribution < 1.29 is 9.63 Å². The highest BCUT2D eigenvalue weighted by molar-refractivity contribution is 5.27. The maximum absolute atomic E-state index is 9.27. The summed E-state index contributed by atoms with van der Waals surface area (Å²) in [6.45, 7) is 4.67. The number of hydrogen-bond acceptors (Lipinski definition) is 5. The molecule has 0 spiro atoms. The van der Waals surface area contributed by atoms with Crippen LogP contribution in [0.25, 0.3) is 0 Å². The number of nitrogens with two attached hydrogens (primary N) is 1. The lowest BCUT2D eigenvalue weighted by molar-refractivity contribution is 0.266. The molecule has 0 aliphatic rings. The molecule has 1 aromatic heterocycles. The molecule has 2 aromatic rings. The number of aromatic hydroxyl groups is 1. The van der Waals surface area contributed by atoms with Crippen LogP contribution in [-0.2, 0) is 11.8 Å². The van der Waals surface area contributed by atoms with Gasteiger partial charge in [0.05, 0.1) is 5.41 Å². The minimum atomic E-state index is -0.222. The van der Waals surface area contributed by atoms with Crippen LogP contribution in [0.3, 0.4) is 0 Å². The zero-order valence-corrected chi connectivity index (χ0v) is 12.0. The zero-order valence-electron chi connectivity index (χ0n) is 12.0. The van der Waals surface area contributed by atoms with Gasteiger partial charge >= 0.3 is 0 Å². The topological polar surface area (TPSA) is 85.2 Å². The highest BCUT2D eigenvalue weighted by atomic mass is 16.5. The highest BCUT2D eigenvalue weighted by Crippen LogP contribution is 2.29. The molecule has 0 unspecified atom stereocenters. The summed E-state index contributed by atoms with van der Waals surface area (Å²) in [4.78, 5) is 4.49. The van der Waals surface area contributed by atoms with Crippen molar-refractivity contribution >= 4 is 0 Å². The van der Waals surface area contributed by atoms with Crippen molar-refractivity contribution in [3.8, 4) is 5.75 Å². The Morgan fingerprint density at radius 1 is 1.20 bits per heavy atom. The summed E-state index contributed by atoms with van der Waals surface area (Å²) in [7, 11) is 0. The molecular formula is C15H21N3O2. The van der Waals surface area contributed by atoms with E-state index in [0.717, 1.165) is 18.4 Å². The molecule has 20 heavy (non-hydrogen) atoms. The van der Waals surface area contributed by atoms with Gasteiger partial charge in [0.2, 0.25) is 5.89 Å². The summed E-state index contributed by atoms with van der Waals surface area (Å²) in [5, 5.41) is 13.3. The first-order valence-electron chi connectivity index (χ1n) is 6.94. The first-order valence-corrected chi connectivity index (χ1v) is 6.94. The fourth-order valence-corrected chi connectivity index (χ4v) is 2.27. The second kappa shape index (κ2) is 6.05. The van der Waals surface area contributed by atoms with E-state index in [1.165, 1.54) is 0 Å². The molecule has 2 rings (SSSR count). The summed E-state index contributed by atoms with van der Waals surface area (Å²) < 4.78 is 5.41. The van der Waals surface area contributed by atoms with Crippen molar-refractivity contribution in [2.45, 2.75) is 38.5 Å². The number of nitrogens with zero attached hydrogens (tertiary/aromatic N) is 2. The molecule has 3 N–H and O–H groups in total. The van der Waals surface area contributed by atoms with E-state index in [0.29, 0.717) is 24.7 Å². The van der Waals surface area contributed by atoms with Crippen LogP contribution in [0.4, 0.5) is 0 Å². The van der Waals surface area contributed by atoms with Crippen LogP contribution in [-0.4, -0.2) is 21.8 Å². The Morgan fingerprint density at radius 3 is 2.40 bits per heavy atom. The van der Waals surface area contributed by atoms with E-state index >= 15 is 0 Å². The van der Waals surface area contributed by atoms with Crippen molar-refractivity contribution in [1.82, 2.24) is 10.1 Å². The van der Waals surface area contributed by atoms with Crippen LogP contribution < -0.4 is 5.73 Å². The van der Waals surface area contributed by atoms with Crippen molar-refractivity contribution in [3.63, 3.8) is 0 Å². The van der Waals surface area contributed by atoms with E-state index in [1.807, 2.05) is 12.1 Å². The van der Waals surface area contributed by atoms with E-state index in [2.05, 4.69) is 24.0 Å². The first-order chi connectivity index (χ1) is 9.63. The Morgan fingerprint density at radius 2 is 1.85 bits per heavy atom. The largest absolute Gasteiger partial charge is 0.508 e. The second-order valence-electron chi connectivity index (χ2n) is 5.05.